The number of aliphatic hydroxyl groups excluding tert-OH is 1. The first-order valence-electron chi connectivity index (χ1n) is 9.23. The number of esters is 1. The molecule has 0 radical (unpaired) electrons. The zero-order valence-electron chi connectivity index (χ0n) is 16.9. The van der Waals surface area contributed by atoms with Crippen LogP contribution in [0.3, 0.4) is 0 Å². The summed E-state index contributed by atoms with van der Waals surface area (Å²) in [4.78, 5) is 11.6. The largest absolute Gasteiger partial charge is 0.493 e. The van der Waals surface area contributed by atoms with Gasteiger partial charge in [-0.1, -0.05) is 0 Å². The lowest BCUT2D eigenvalue weighted by molar-refractivity contribution is 0.0600. The summed E-state index contributed by atoms with van der Waals surface area (Å²) < 4.78 is 17.5. The molecule has 8 nitrogen and oxygen atoms in total. The first-order chi connectivity index (χ1) is 13.4. The standard InChI is InChI=1S/C20H29N3O5/c1-14-10-15(2)23(22-14)9-5-8-21-12-17(24)13-28-18-7-6-16(20(25)27-4)11-19(18)26-3/h6-7,10-11,17,21,24H,5,8-9,12-13H2,1-4H3/t17-/m0/s1. The quantitative estimate of drug-likeness (QED) is 0.445. The molecule has 2 aromatic rings. The second-order valence-electron chi connectivity index (χ2n) is 6.53. The van der Waals surface area contributed by atoms with Crippen LogP contribution >= 0.6 is 0 Å². The number of aliphatic hydroxyl groups is 1. The lowest BCUT2D eigenvalue weighted by Crippen LogP contribution is -2.32. The molecule has 8 heteroatoms. The van der Waals surface area contributed by atoms with Gasteiger partial charge in [0.2, 0.25) is 0 Å². The van der Waals surface area contributed by atoms with Crippen molar-refractivity contribution >= 4 is 5.97 Å². The van der Waals surface area contributed by atoms with Crippen molar-refractivity contribution in [1.29, 1.82) is 0 Å². The molecule has 1 aromatic carbocycles. The fourth-order valence-corrected chi connectivity index (χ4v) is 2.80. The van der Waals surface area contributed by atoms with Crippen molar-refractivity contribution in [1.82, 2.24) is 15.1 Å². The average molecular weight is 391 g/mol. The zero-order valence-corrected chi connectivity index (χ0v) is 16.9. The van der Waals surface area contributed by atoms with E-state index in [1.807, 2.05) is 18.5 Å². The molecule has 0 amide bonds. The van der Waals surface area contributed by atoms with Crippen molar-refractivity contribution in [3.05, 3.63) is 41.2 Å². The third-order valence-corrected chi connectivity index (χ3v) is 4.22. The summed E-state index contributed by atoms with van der Waals surface area (Å²) in [6, 6.07) is 6.82. The molecule has 0 saturated heterocycles. The Labute approximate surface area is 165 Å². The molecule has 1 heterocycles. The molecule has 1 aromatic heterocycles. The van der Waals surface area contributed by atoms with E-state index < -0.39 is 12.1 Å². The smallest absolute Gasteiger partial charge is 0.337 e. The molecule has 2 rings (SSSR count). The second kappa shape index (κ2) is 10.7. The molecule has 0 spiro atoms. The van der Waals surface area contributed by atoms with Gasteiger partial charge in [0.05, 0.1) is 25.5 Å². The maximum atomic E-state index is 11.6. The number of ether oxygens (including phenoxy) is 3. The number of aryl methyl sites for hydroxylation is 3. The number of carbonyl (C=O) groups excluding carboxylic acids is 1. The van der Waals surface area contributed by atoms with Gasteiger partial charge in [-0.15, -0.1) is 0 Å². The van der Waals surface area contributed by atoms with Crippen LogP contribution in [0.2, 0.25) is 0 Å². The highest BCUT2D eigenvalue weighted by Crippen LogP contribution is 2.28. The van der Waals surface area contributed by atoms with Gasteiger partial charge in [-0.05, 0) is 51.1 Å². The molecular weight excluding hydrogens is 362 g/mol. The lowest BCUT2D eigenvalue weighted by Gasteiger charge is -2.15. The number of methoxy groups -OCH3 is 2. The summed E-state index contributed by atoms with van der Waals surface area (Å²) in [5.41, 5.74) is 2.54. The van der Waals surface area contributed by atoms with Gasteiger partial charge in [-0.3, -0.25) is 4.68 Å². The highest BCUT2D eigenvalue weighted by molar-refractivity contribution is 5.90. The number of hydrogen-bond acceptors (Lipinski definition) is 7. The average Bonchev–Trinajstić information content (AvgIpc) is 3.02. The minimum atomic E-state index is -0.668. The van der Waals surface area contributed by atoms with E-state index in [0.717, 1.165) is 30.9 Å². The zero-order chi connectivity index (χ0) is 20.5. The Balaban J connectivity index is 1.71. The predicted molar refractivity (Wildman–Crippen MR) is 105 cm³/mol. The number of nitrogens with one attached hydrogen (secondary N) is 1. The third kappa shape index (κ3) is 6.24. The van der Waals surface area contributed by atoms with Gasteiger partial charge in [0.1, 0.15) is 12.7 Å². The minimum Gasteiger partial charge on any atom is -0.493 e. The molecule has 0 aliphatic heterocycles. The number of rotatable bonds is 11. The topological polar surface area (TPSA) is 94.8 Å². The number of hydrogen-bond donors (Lipinski definition) is 2. The van der Waals surface area contributed by atoms with Crippen LogP contribution in [0.5, 0.6) is 11.5 Å². The highest BCUT2D eigenvalue weighted by atomic mass is 16.5. The molecule has 2 N–H and O–H groups in total. The molecular formula is C20H29N3O5. The monoisotopic (exact) mass is 391 g/mol. The Bertz CT molecular complexity index is 775. The van der Waals surface area contributed by atoms with Gasteiger partial charge in [-0.25, -0.2) is 4.79 Å². The van der Waals surface area contributed by atoms with E-state index in [1.165, 1.54) is 14.2 Å². The fourth-order valence-electron chi connectivity index (χ4n) is 2.80. The SMILES string of the molecule is COC(=O)c1ccc(OC[C@@H](O)CNCCCn2nc(C)cc2C)c(OC)c1. The normalized spacial score (nSPS) is 11.9. The van der Waals surface area contributed by atoms with Crippen LogP contribution < -0.4 is 14.8 Å². The number of aromatic nitrogens is 2. The maximum absolute atomic E-state index is 11.6. The van der Waals surface area contributed by atoms with Crippen molar-refractivity contribution in [3.63, 3.8) is 0 Å². The molecule has 0 unspecified atom stereocenters. The van der Waals surface area contributed by atoms with Gasteiger partial charge in [0.15, 0.2) is 11.5 Å². The Morgan fingerprint density at radius 2 is 2.04 bits per heavy atom. The van der Waals surface area contributed by atoms with Crippen molar-refractivity contribution in [2.24, 2.45) is 0 Å². The molecule has 0 aliphatic rings. The molecule has 0 fully saturated rings. The number of carbonyl (C=O) groups is 1. The second-order valence-corrected chi connectivity index (χ2v) is 6.53. The Hall–Kier alpha value is -2.58. The first kappa shape index (κ1) is 21.7. The van der Waals surface area contributed by atoms with Crippen molar-refractivity contribution in [2.75, 3.05) is 33.9 Å². The fraction of sp³-hybridized carbons (Fsp3) is 0.500. The highest BCUT2D eigenvalue weighted by Gasteiger charge is 2.13. The van der Waals surface area contributed by atoms with E-state index in [-0.39, 0.29) is 6.61 Å². The van der Waals surface area contributed by atoms with E-state index >= 15 is 0 Å². The van der Waals surface area contributed by atoms with Gasteiger partial charge >= 0.3 is 5.97 Å². The van der Waals surface area contributed by atoms with E-state index in [1.54, 1.807) is 18.2 Å². The lowest BCUT2D eigenvalue weighted by atomic mass is 10.2. The third-order valence-electron chi connectivity index (χ3n) is 4.22. The summed E-state index contributed by atoms with van der Waals surface area (Å²) in [6.45, 7) is 6.16. The van der Waals surface area contributed by atoms with Crippen molar-refractivity contribution in [2.45, 2.75) is 32.9 Å². The van der Waals surface area contributed by atoms with E-state index in [9.17, 15) is 9.90 Å². The molecule has 0 aliphatic carbocycles. The van der Waals surface area contributed by atoms with Crippen LogP contribution in [0, 0.1) is 13.8 Å². The molecule has 154 valence electrons. The summed E-state index contributed by atoms with van der Waals surface area (Å²) in [7, 11) is 2.81. The van der Waals surface area contributed by atoms with Crippen LogP contribution in [0.25, 0.3) is 0 Å². The predicted octanol–water partition coefficient (Wildman–Crippen LogP) is 1.71. The maximum Gasteiger partial charge on any atom is 0.337 e. The summed E-state index contributed by atoms with van der Waals surface area (Å²) >= 11 is 0. The van der Waals surface area contributed by atoms with Gasteiger partial charge in [0.25, 0.3) is 0 Å². The minimum absolute atomic E-state index is 0.110. The van der Waals surface area contributed by atoms with Crippen LogP contribution in [0.1, 0.15) is 28.2 Å². The van der Waals surface area contributed by atoms with Crippen LogP contribution in [0.4, 0.5) is 0 Å². The van der Waals surface area contributed by atoms with E-state index in [4.69, 9.17) is 9.47 Å². The summed E-state index contributed by atoms with van der Waals surface area (Å²) in [5, 5.41) is 17.7. The Morgan fingerprint density at radius 1 is 1.25 bits per heavy atom. The molecule has 1 atom stereocenters. The molecule has 28 heavy (non-hydrogen) atoms. The van der Waals surface area contributed by atoms with E-state index in [2.05, 4.69) is 21.2 Å². The molecule has 0 bridgehead atoms. The Morgan fingerprint density at radius 3 is 2.68 bits per heavy atom. The van der Waals surface area contributed by atoms with Crippen molar-refractivity contribution in [3.8, 4) is 11.5 Å². The first-order valence-corrected chi connectivity index (χ1v) is 9.23. The number of nitrogens with zero attached hydrogens (tertiary/aromatic N) is 2. The van der Waals surface area contributed by atoms with Crippen molar-refractivity contribution < 1.29 is 24.1 Å². The van der Waals surface area contributed by atoms with E-state index in [0.29, 0.717) is 23.6 Å². The molecule has 0 saturated carbocycles. The van der Waals surface area contributed by atoms with Gasteiger partial charge < -0.3 is 24.6 Å². The van der Waals surface area contributed by atoms with Crippen LogP contribution in [0.15, 0.2) is 24.3 Å². The Kier molecular flexibility index (Phi) is 8.28. The summed E-state index contributed by atoms with van der Waals surface area (Å²) in [6.07, 6.45) is 0.247. The van der Waals surface area contributed by atoms with Crippen LogP contribution in [-0.2, 0) is 11.3 Å². The number of benzene rings is 1. The van der Waals surface area contributed by atoms with Gasteiger partial charge in [-0.2, -0.15) is 5.10 Å². The van der Waals surface area contributed by atoms with Crippen LogP contribution in [-0.4, -0.2) is 60.9 Å². The summed E-state index contributed by atoms with van der Waals surface area (Å²) in [5.74, 6) is 0.418. The van der Waals surface area contributed by atoms with Gasteiger partial charge in [0, 0.05) is 18.8 Å².